The predicted octanol–water partition coefficient (Wildman–Crippen LogP) is 1.61. The van der Waals surface area contributed by atoms with Gasteiger partial charge in [0.15, 0.2) is 0 Å². The third-order valence-corrected chi connectivity index (χ3v) is 4.91. The minimum absolute atomic E-state index is 0.674. The number of nitrogens with zero attached hydrogens (tertiary/aromatic N) is 7. The average Bonchev–Trinajstić information content (AvgIpc) is 3.23. The van der Waals surface area contributed by atoms with Crippen LogP contribution in [-0.4, -0.2) is 55.8 Å². The molecule has 0 saturated carbocycles. The first-order valence-corrected chi connectivity index (χ1v) is 8.74. The smallest absolute Gasteiger partial charge is 0.254 e. The molecular weight excluding hydrogens is 318 g/mol. The minimum Gasteiger partial charge on any atom is -0.361 e. The van der Waals surface area contributed by atoms with Crippen LogP contribution < -0.4 is 4.90 Å². The summed E-state index contributed by atoms with van der Waals surface area (Å²) in [6.07, 6.45) is 2.46. The van der Waals surface area contributed by atoms with Crippen LogP contribution in [0.25, 0.3) is 5.78 Å². The van der Waals surface area contributed by atoms with E-state index in [0.29, 0.717) is 5.78 Å². The Morgan fingerprint density at radius 3 is 2.64 bits per heavy atom. The summed E-state index contributed by atoms with van der Waals surface area (Å²) in [4.78, 5) is 13.6. The van der Waals surface area contributed by atoms with Crippen LogP contribution in [-0.2, 0) is 13.0 Å². The highest BCUT2D eigenvalue weighted by atomic mass is 16.5. The Balaban J connectivity index is 1.50. The van der Waals surface area contributed by atoms with Crippen molar-refractivity contribution in [1.82, 2.24) is 29.6 Å². The van der Waals surface area contributed by atoms with Crippen LogP contribution in [0.1, 0.15) is 29.6 Å². The first kappa shape index (κ1) is 16.0. The van der Waals surface area contributed by atoms with Crippen molar-refractivity contribution in [1.29, 1.82) is 0 Å². The van der Waals surface area contributed by atoms with E-state index in [4.69, 9.17) is 4.52 Å². The van der Waals surface area contributed by atoms with Crippen molar-refractivity contribution in [3.63, 3.8) is 0 Å². The van der Waals surface area contributed by atoms with Gasteiger partial charge in [-0.2, -0.15) is 14.6 Å². The summed E-state index contributed by atoms with van der Waals surface area (Å²) in [6.45, 7) is 10.9. The lowest BCUT2D eigenvalue weighted by Crippen LogP contribution is -2.46. The van der Waals surface area contributed by atoms with Gasteiger partial charge in [-0.3, -0.25) is 4.90 Å². The normalized spacial score (nSPS) is 16.0. The summed E-state index contributed by atoms with van der Waals surface area (Å²) in [5.74, 6) is 2.68. The predicted molar refractivity (Wildman–Crippen MR) is 93.6 cm³/mol. The Hall–Kier alpha value is -2.48. The number of anilines is 1. The maximum atomic E-state index is 5.28. The molecule has 0 N–H and O–H groups in total. The van der Waals surface area contributed by atoms with Crippen LogP contribution in [0.2, 0.25) is 0 Å². The summed E-state index contributed by atoms with van der Waals surface area (Å²) in [5, 5.41) is 8.39. The minimum atomic E-state index is 0.674. The number of hydrogen-bond donors (Lipinski definition) is 0. The van der Waals surface area contributed by atoms with Gasteiger partial charge in [0.1, 0.15) is 17.9 Å². The highest BCUT2D eigenvalue weighted by Crippen LogP contribution is 2.20. The molecule has 3 aromatic heterocycles. The average molecular weight is 341 g/mol. The molecule has 0 aliphatic carbocycles. The molecule has 4 rings (SSSR count). The zero-order valence-corrected chi connectivity index (χ0v) is 14.9. The second-order valence-corrected chi connectivity index (χ2v) is 6.50. The van der Waals surface area contributed by atoms with Gasteiger partial charge in [-0.1, -0.05) is 12.1 Å². The Bertz CT molecular complexity index is 857. The highest BCUT2D eigenvalue weighted by Gasteiger charge is 2.22. The molecule has 1 aliphatic rings. The molecule has 1 saturated heterocycles. The fourth-order valence-corrected chi connectivity index (χ4v) is 3.34. The topological polar surface area (TPSA) is 75.6 Å². The summed E-state index contributed by atoms with van der Waals surface area (Å²) in [6, 6.07) is 2.13. The second-order valence-electron chi connectivity index (χ2n) is 6.50. The van der Waals surface area contributed by atoms with Crippen LogP contribution in [0.4, 0.5) is 5.82 Å². The first-order valence-electron chi connectivity index (χ1n) is 8.74. The molecule has 132 valence electrons. The molecule has 8 heteroatoms. The molecular formula is C17H23N7O. The zero-order valence-electron chi connectivity index (χ0n) is 14.9. The van der Waals surface area contributed by atoms with Gasteiger partial charge in [-0.05, 0) is 20.3 Å². The van der Waals surface area contributed by atoms with Crippen molar-refractivity contribution in [2.24, 2.45) is 0 Å². The monoisotopic (exact) mass is 341 g/mol. The number of hydrogen-bond acceptors (Lipinski definition) is 7. The highest BCUT2D eigenvalue weighted by molar-refractivity contribution is 5.47. The van der Waals surface area contributed by atoms with Crippen molar-refractivity contribution >= 4 is 11.6 Å². The second kappa shape index (κ2) is 6.44. The van der Waals surface area contributed by atoms with Crippen LogP contribution in [0.3, 0.4) is 0 Å². The molecule has 0 amide bonds. The lowest BCUT2D eigenvalue weighted by molar-refractivity contribution is 0.247. The molecule has 0 unspecified atom stereocenters. The van der Waals surface area contributed by atoms with E-state index < -0.39 is 0 Å². The molecule has 1 fully saturated rings. The lowest BCUT2D eigenvalue weighted by atomic mass is 10.1. The number of aryl methyl sites for hydroxylation is 3. The number of fused-ring (bicyclic) bond motifs is 1. The van der Waals surface area contributed by atoms with E-state index in [1.165, 1.54) is 5.56 Å². The molecule has 1 aliphatic heterocycles. The fraction of sp³-hybridized carbons (Fsp3) is 0.529. The summed E-state index contributed by atoms with van der Waals surface area (Å²) < 4.78 is 7.12. The van der Waals surface area contributed by atoms with E-state index in [1.807, 2.05) is 18.4 Å². The third kappa shape index (κ3) is 2.97. The third-order valence-electron chi connectivity index (χ3n) is 4.91. The van der Waals surface area contributed by atoms with Crippen molar-refractivity contribution in [2.45, 2.75) is 33.7 Å². The van der Waals surface area contributed by atoms with Gasteiger partial charge in [0, 0.05) is 50.0 Å². The number of piperazine rings is 1. The fourth-order valence-electron chi connectivity index (χ4n) is 3.34. The van der Waals surface area contributed by atoms with Gasteiger partial charge in [-0.15, -0.1) is 0 Å². The number of rotatable bonds is 4. The molecule has 4 heterocycles. The van der Waals surface area contributed by atoms with Gasteiger partial charge in [0.2, 0.25) is 0 Å². The standard InChI is InChI=1S/C17H23N7O/c1-4-14-9-16(24-17(20-14)18-11-19-24)23-7-5-22(6-8-23)10-15-12(2)21-25-13(15)3/h9,11H,4-8,10H2,1-3H3. The molecule has 25 heavy (non-hydrogen) atoms. The van der Waals surface area contributed by atoms with Crippen LogP contribution in [0.5, 0.6) is 0 Å². The van der Waals surface area contributed by atoms with Crippen molar-refractivity contribution < 1.29 is 4.52 Å². The van der Waals surface area contributed by atoms with Crippen LogP contribution in [0.15, 0.2) is 16.9 Å². The molecule has 0 atom stereocenters. The van der Waals surface area contributed by atoms with E-state index in [-0.39, 0.29) is 0 Å². The van der Waals surface area contributed by atoms with Gasteiger partial charge in [-0.25, -0.2) is 4.98 Å². The van der Waals surface area contributed by atoms with Crippen LogP contribution in [0, 0.1) is 13.8 Å². The molecule has 3 aromatic rings. The van der Waals surface area contributed by atoms with Crippen molar-refractivity contribution in [2.75, 3.05) is 31.1 Å². The van der Waals surface area contributed by atoms with Gasteiger partial charge >= 0.3 is 0 Å². The van der Waals surface area contributed by atoms with Gasteiger partial charge in [0.25, 0.3) is 5.78 Å². The molecule has 0 spiro atoms. The Morgan fingerprint density at radius 2 is 1.96 bits per heavy atom. The Morgan fingerprint density at radius 1 is 1.16 bits per heavy atom. The zero-order chi connectivity index (χ0) is 17.4. The van der Waals surface area contributed by atoms with E-state index in [1.54, 1.807) is 6.33 Å². The molecule has 0 aromatic carbocycles. The van der Waals surface area contributed by atoms with E-state index in [0.717, 1.165) is 62.1 Å². The van der Waals surface area contributed by atoms with Crippen molar-refractivity contribution in [3.05, 3.63) is 35.1 Å². The largest absolute Gasteiger partial charge is 0.361 e. The SMILES string of the molecule is CCc1cc(N2CCN(Cc3c(C)noc3C)CC2)n2ncnc2n1. The number of aromatic nitrogens is 5. The summed E-state index contributed by atoms with van der Waals surface area (Å²) >= 11 is 0. The Kier molecular flexibility index (Phi) is 4.12. The summed E-state index contributed by atoms with van der Waals surface area (Å²) in [7, 11) is 0. The molecule has 8 nitrogen and oxygen atoms in total. The maximum absolute atomic E-state index is 5.28. The Labute approximate surface area is 146 Å². The molecule has 0 radical (unpaired) electrons. The quantitative estimate of drug-likeness (QED) is 0.713. The van der Waals surface area contributed by atoms with Gasteiger partial charge < -0.3 is 9.42 Å². The van der Waals surface area contributed by atoms with Crippen LogP contribution >= 0.6 is 0 Å². The molecule has 0 bridgehead atoms. The first-order chi connectivity index (χ1) is 12.2. The maximum Gasteiger partial charge on any atom is 0.254 e. The van der Waals surface area contributed by atoms with Gasteiger partial charge in [0.05, 0.1) is 5.69 Å². The van der Waals surface area contributed by atoms with Crippen molar-refractivity contribution in [3.8, 4) is 0 Å². The van der Waals surface area contributed by atoms with E-state index in [2.05, 4.69) is 43.0 Å². The van der Waals surface area contributed by atoms with E-state index in [9.17, 15) is 0 Å². The lowest BCUT2D eigenvalue weighted by Gasteiger charge is -2.35. The summed E-state index contributed by atoms with van der Waals surface area (Å²) in [5.41, 5.74) is 3.25. The van der Waals surface area contributed by atoms with E-state index >= 15 is 0 Å².